The van der Waals surface area contributed by atoms with E-state index in [4.69, 9.17) is 29.2 Å². The molecule has 13 nitrogen and oxygen atoms in total. The molecule has 0 spiro atoms. The molecule has 0 radical (unpaired) electrons. The average molecular weight is 940 g/mol. The Kier molecular flexibility index (Phi) is 13.7. The van der Waals surface area contributed by atoms with Crippen molar-refractivity contribution in [1.82, 2.24) is 0 Å². The van der Waals surface area contributed by atoms with E-state index in [9.17, 15) is 9.59 Å². The fourth-order valence-electron chi connectivity index (χ4n) is 8.33. The Morgan fingerprint density at radius 2 is 0.732 bits per heavy atom. The van der Waals surface area contributed by atoms with Crippen LogP contribution in [0.3, 0.4) is 0 Å². The van der Waals surface area contributed by atoms with Gasteiger partial charge in [0.05, 0.1) is 50.9 Å². The molecular weight excluding hydrogens is 891 g/mol. The van der Waals surface area contributed by atoms with Crippen LogP contribution in [0.4, 0.5) is 51.2 Å². The highest BCUT2D eigenvalue weighted by atomic mass is 16.5. The number of carbonyl (C=O) groups excluding carboxylic acids is 2. The summed E-state index contributed by atoms with van der Waals surface area (Å²) in [6.07, 6.45) is 0. The van der Waals surface area contributed by atoms with Gasteiger partial charge in [-0.1, -0.05) is 66.7 Å². The molecule has 0 aliphatic heterocycles. The van der Waals surface area contributed by atoms with Crippen molar-refractivity contribution >= 4 is 84.5 Å². The molecule has 0 unspecified atom stereocenters. The maximum atomic E-state index is 14.1. The Bertz CT molecular complexity index is 3210. The molecule has 71 heavy (non-hydrogen) atoms. The number of fused-ring (bicyclic) bond motifs is 2. The number of para-hydroxylation sites is 1. The van der Waals surface area contributed by atoms with Gasteiger partial charge in [-0.2, -0.15) is 10.2 Å². The number of methoxy groups -OCH3 is 4. The number of azo groups is 2. The van der Waals surface area contributed by atoms with Crippen LogP contribution in [0.2, 0.25) is 0 Å². The van der Waals surface area contributed by atoms with Crippen LogP contribution < -0.4 is 33.6 Å². The number of hydrogen-bond donors (Lipinski definition) is 0. The molecule has 0 fully saturated rings. The third-order valence-corrected chi connectivity index (χ3v) is 12.1. The molecule has 0 aliphatic carbocycles. The third-order valence-electron chi connectivity index (χ3n) is 12.1. The van der Waals surface area contributed by atoms with Gasteiger partial charge in [0.2, 0.25) is 0 Å². The van der Waals surface area contributed by atoms with Gasteiger partial charge in [0.25, 0.3) is 11.8 Å². The Balaban J connectivity index is 0.997. The number of ether oxygens (including phenoxy) is 4. The second-order valence-electron chi connectivity index (χ2n) is 16.3. The van der Waals surface area contributed by atoms with Gasteiger partial charge in [0.1, 0.15) is 22.9 Å². The first-order valence-corrected chi connectivity index (χ1v) is 22.6. The van der Waals surface area contributed by atoms with Gasteiger partial charge in [-0.3, -0.25) is 9.59 Å². The quantitative estimate of drug-likeness (QED) is 0.0935. The molecule has 9 aromatic carbocycles. The van der Waals surface area contributed by atoms with Crippen molar-refractivity contribution in [2.45, 2.75) is 0 Å². The lowest BCUT2D eigenvalue weighted by Gasteiger charge is -2.25. The van der Waals surface area contributed by atoms with Crippen molar-refractivity contribution in [3.63, 3.8) is 0 Å². The first-order chi connectivity index (χ1) is 34.7. The molecule has 0 atom stereocenters. The highest BCUT2D eigenvalue weighted by Crippen LogP contribution is 2.44. The molecule has 13 heteroatoms. The van der Waals surface area contributed by atoms with Crippen molar-refractivity contribution in [3.05, 3.63) is 199 Å². The lowest BCUT2D eigenvalue weighted by atomic mass is 10.0. The summed E-state index contributed by atoms with van der Waals surface area (Å²) in [5, 5.41) is 22.0. The monoisotopic (exact) mass is 939 g/mol. The van der Waals surface area contributed by atoms with E-state index in [0.29, 0.717) is 68.2 Å². The van der Waals surface area contributed by atoms with Crippen LogP contribution in [-0.2, 0) is 0 Å². The predicted octanol–water partition coefficient (Wildman–Crippen LogP) is 14.9. The summed E-state index contributed by atoms with van der Waals surface area (Å²) < 4.78 is 22.5. The Hall–Kier alpha value is -9.36. The molecule has 0 bridgehead atoms. The molecule has 9 rings (SSSR count). The van der Waals surface area contributed by atoms with Crippen LogP contribution in [-0.4, -0.2) is 54.3 Å². The minimum absolute atomic E-state index is 0.266. The van der Waals surface area contributed by atoms with E-state index in [1.54, 1.807) is 38.1 Å². The van der Waals surface area contributed by atoms with Crippen LogP contribution in [0.1, 0.15) is 20.7 Å². The zero-order valence-corrected chi connectivity index (χ0v) is 40.0. The summed E-state index contributed by atoms with van der Waals surface area (Å²) in [6.45, 7) is 0. The second kappa shape index (κ2) is 20.9. The molecule has 352 valence electrons. The van der Waals surface area contributed by atoms with Crippen LogP contribution in [0, 0.1) is 0 Å². The fourth-order valence-corrected chi connectivity index (χ4v) is 8.33. The lowest BCUT2D eigenvalue weighted by Crippen LogP contribution is -2.26. The van der Waals surface area contributed by atoms with Crippen molar-refractivity contribution < 1.29 is 28.5 Å². The van der Waals surface area contributed by atoms with Crippen molar-refractivity contribution in [2.75, 3.05) is 57.2 Å². The Labute approximate surface area is 411 Å². The van der Waals surface area contributed by atoms with E-state index in [-0.39, 0.29) is 11.8 Å². The summed E-state index contributed by atoms with van der Waals surface area (Å²) in [4.78, 5) is 33.4. The van der Waals surface area contributed by atoms with Crippen molar-refractivity contribution in [2.24, 2.45) is 20.5 Å². The molecule has 0 N–H and O–H groups in total. The molecule has 2 amide bonds. The Morgan fingerprint density at radius 1 is 0.380 bits per heavy atom. The summed E-state index contributed by atoms with van der Waals surface area (Å²) in [6, 6.07) is 59.1. The maximum absolute atomic E-state index is 14.1. The first-order valence-electron chi connectivity index (χ1n) is 22.6. The van der Waals surface area contributed by atoms with Gasteiger partial charge >= 0.3 is 0 Å². The van der Waals surface area contributed by atoms with Gasteiger partial charge in [-0.05, 0) is 132 Å². The first kappa shape index (κ1) is 46.7. The van der Waals surface area contributed by atoms with Gasteiger partial charge in [-0.25, -0.2) is 0 Å². The van der Waals surface area contributed by atoms with Gasteiger partial charge < -0.3 is 33.6 Å². The SMILES string of the molecule is COc1ccc(N(C)C(=O)c2cc3ccccc3c(N=Nc3ccc(N(c4ccccc4)c4ccc(N=Nc5c(OC)c(C(=O)N(C)c6ccc(OC)cc6)cc6ccccc56)cc4)cc3)c2OC)cc1. The molecule has 0 saturated carbocycles. The average Bonchev–Trinajstić information content (AvgIpc) is 3.43. The van der Waals surface area contributed by atoms with E-state index < -0.39 is 0 Å². The number of amides is 2. The molecule has 0 aromatic heterocycles. The Morgan fingerprint density at radius 3 is 1.11 bits per heavy atom. The van der Waals surface area contributed by atoms with E-state index in [2.05, 4.69) is 15.1 Å². The normalized spacial score (nSPS) is 11.2. The second-order valence-corrected chi connectivity index (χ2v) is 16.3. The third kappa shape index (κ3) is 9.70. The number of benzene rings is 9. The van der Waals surface area contributed by atoms with Crippen molar-refractivity contribution in [1.29, 1.82) is 0 Å². The fraction of sp³-hybridized carbons (Fsp3) is 0.103. The summed E-state index contributed by atoms with van der Waals surface area (Å²) >= 11 is 0. The van der Waals surface area contributed by atoms with E-state index >= 15 is 0 Å². The lowest BCUT2D eigenvalue weighted by molar-refractivity contribution is 0.0982. The molecule has 0 aliphatic rings. The highest BCUT2D eigenvalue weighted by molar-refractivity contribution is 6.14. The van der Waals surface area contributed by atoms with Crippen LogP contribution in [0.15, 0.2) is 209 Å². The highest BCUT2D eigenvalue weighted by Gasteiger charge is 2.25. The van der Waals surface area contributed by atoms with E-state index in [0.717, 1.165) is 38.6 Å². The van der Waals surface area contributed by atoms with Crippen molar-refractivity contribution in [3.8, 4) is 23.0 Å². The number of hydrogen-bond acceptors (Lipinski definition) is 11. The van der Waals surface area contributed by atoms with Gasteiger partial charge in [-0.15, -0.1) is 10.2 Å². The number of anilines is 5. The van der Waals surface area contributed by atoms with E-state index in [1.807, 2.05) is 188 Å². The maximum Gasteiger partial charge on any atom is 0.261 e. The topological polar surface area (TPSA) is 130 Å². The molecule has 0 heterocycles. The number of nitrogens with zero attached hydrogens (tertiary/aromatic N) is 7. The van der Waals surface area contributed by atoms with Crippen LogP contribution in [0.25, 0.3) is 21.5 Å². The van der Waals surface area contributed by atoms with Crippen LogP contribution >= 0.6 is 0 Å². The zero-order chi connectivity index (χ0) is 49.4. The molecule has 0 saturated heterocycles. The summed E-state index contributed by atoms with van der Waals surface area (Å²) in [5.74, 6) is 1.49. The van der Waals surface area contributed by atoms with Crippen LogP contribution in [0.5, 0.6) is 23.0 Å². The van der Waals surface area contributed by atoms with Gasteiger partial charge in [0, 0.05) is 53.3 Å². The zero-order valence-electron chi connectivity index (χ0n) is 40.0. The largest absolute Gasteiger partial charge is 0.497 e. The smallest absolute Gasteiger partial charge is 0.261 e. The molecular formula is C58H49N7O6. The predicted molar refractivity (Wildman–Crippen MR) is 282 cm³/mol. The molecule has 9 aromatic rings. The van der Waals surface area contributed by atoms with E-state index in [1.165, 1.54) is 14.2 Å². The minimum Gasteiger partial charge on any atom is -0.497 e. The van der Waals surface area contributed by atoms with Gasteiger partial charge in [0.15, 0.2) is 11.5 Å². The summed E-state index contributed by atoms with van der Waals surface area (Å²) in [5.41, 5.74) is 6.84. The standard InChI is InChI=1S/C58H49N7O6/c1-63(42-28-32-47(68-3)33-29-42)57(66)51-36-38-14-10-12-18-49(38)53(55(51)70-5)61-59-40-20-24-45(25-21-40)65(44-16-8-7-9-17-44)46-26-22-41(23-27-46)60-62-54-50-19-13-11-15-39(50)37-52(56(54)71-6)58(67)64(2)43-30-34-48(69-4)35-31-43/h7-37H,1-6H3. The number of rotatable bonds is 15. The number of carbonyl (C=O) groups is 2. The minimum atomic E-state index is -0.266. The summed E-state index contributed by atoms with van der Waals surface area (Å²) in [7, 11) is 9.70.